The first-order valence-corrected chi connectivity index (χ1v) is 8.93. The highest BCUT2D eigenvalue weighted by Gasteiger charge is 2.23. The average molecular weight is 325 g/mol. The molecule has 0 saturated heterocycles. The molecular weight excluding hydrogens is 306 g/mol. The quantitative estimate of drug-likeness (QED) is 0.701. The van der Waals surface area contributed by atoms with E-state index in [2.05, 4.69) is 24.2 Å². The number of hydrogen-bond acceptors (Lipinski definition) is 3. The molecule has 1 heterocycles. The maximum atomic E-state index is 13.1. The molecule has 0 bridgehead atoms. The van der Waals surface area contributed by atoms with Gasteiger partial charge in [-0.15, -0.1) is 0 Å². The molecule has 1 aromatic heterocycles. The van der Waals surface area contributed by atoms with Gasteiger partial charge in [-0.3, -0.25) is 4.21 Å². The van der Waals surface area contributed by atoms with Crippen LogP contribution in [0.1, 0.15) is 33.4 Å². The molecule has 0 aliphatic rings. The molecule has 0 radical (unpaired) electrons. The van der Waals surface area contributed by atoms with Gasteiger partial charge in [0, 0.05) is 16.9 Å². The fourth-order valence-electron chi connectivity index (χ4n) is 2.70. The molecule has 0 aliphatic heterocycles. The monoisotopic (exact) mass is 325 g/mol. The Hall–Kier alpha value is -2.20. The first-order valence-electron chi connectivity index (χ1n) is 7.55. The van der Waals surface area contributed by atoms with Gasteiger partial charge in [0.15, 0.2) is 0 Å². The zero-order chi connectivity index (χ0) is 16.2. The zero-order valence-corrected chi connectivity index (χ0v) is 14.0. The first kappa shape index (κ1) is 15.7. The Morgan fingerprint density at radius 2 is 1.74 bits per heavy atom. The summed E-state index contributed by atoms with van der Waals surface area (Å²) in [5, 5.41) is 3.81. The Labute approximate surface area is 138 Å². The van der Waals surface area contributed by atoms with E-state index < -0.39 is 10.8 Å². The van der Waals surface area contributed by atoms with Crippen LogP contribution in [-0.2, 0) is 16.6 Å². The zero-order valence-electron chi connectivity index (χ0n) is 13.2. The smallest absolute Gasteiger partial charge is 0.133 e. The Balaban J connectivity index is 1.98. The number of aromatic nitrogens is 1. The van der Waals surface area contributed by atoms with Crippen LogP contribution in [0.25, 0.3) is 0 Å². The van der Waals surface area contributed by atoms with E-state index in [1.165, 1.54) is 0 Å². The van der Waals surface area contributed by atoms with Crippen LogP contribution in [0.4, 0.5) is 0 Å². The van der Waals surface area contributed by atoms with Crippen molar-refractivity contribution < 1.29 is 8.73 Å². The average Bonchev–Trinajstić information content (AvgIpc) is 2.95. The van der Waals surface area contributed by atoms with E-state index >= 15 is 0 Å². The van der Waals surface area contributed by atoms with E-state index in [9.17, 15) is 4.21 Å². The second-order valence-corrected chi connectivity index (χ2v) is 7.12. The van der Waals surface area contributed by atoms with Crippen LogP contribution in [0.5, 0.6) is 0 Å². The minimum Gasteiger partial charge on any atom is -0.361 e. The van der Waals surface area contributed by atoms with Crippen molar-refractivity contribution in [2.75, 3.05) is 0 Å². The van der Waals surface area contributed by atoms with E-state index in [0.717, 1.165) is 28.1 Å². The molecule has 3 nitrogen and oxygen atoms in total. The minimum atomic E-state index is -1.13. The molecule has 2 aromatic carbocycles. The molecule has 0 aliphatic carbocycles. The highest BCUT2D eigenvalue weighted by atomic mass is 32.2. The Morgan fingerprint density at radius 1 is 1.04 bits per heavy atom. The fraction of sp³-hybridized carbons (Fsp3) is 0.211. The highest BCUT2D eigenvalue weighted by molar-refractivity contribution is 7.84. The molecule has 4 heteroatoms. The molecular formula is C19H19NO2S. The number of nitrogens with zero attached hydrogens (tertiary/aromatic N) is 1. The first-order chi connectivity index (χ1) is 11.1. The fourth-order valence-corrected chi connectivity index (χ4v) is 4.30. The summed E-state index contributed by atoms with van der Waals surface area (Å²) in [5.74, 6) is 1.12. The van der Waals surface area contributed by atoms with Crippen LogP contribution in [-0.4, -0.2) is 9.37 Å². The van der Waals surface area contributed by atoms with Crippen LogP contribution >= 0.6 is 0 Å². The summed E-state index contributed by atoms with van der Waals surface area (Å²) < 4.78 is 18.2. The van der Waals surface area contributed by atoms with Crippen LogP contribution in [0.3, 0.4) is 0 Å². The predicted octanol–water partition coefficient (Wildman–Crippen LogP) is 4.33. The molecule has 0 amide bonds. The number of hydrogen-bond donors (Lipinski definition) is 0. The lowest BCUT2D eigenvalue weighted by Gasteiger charge is -2.19. The van der Waals surface area contributed by atoms with Crippen molar-refractivity contribution in [3.8, 4) is 0 Å². The minimum absolute atomic E-state index is 0.172. The molecule has 0 spiro atoms. The molecule has 3 rings (SSSR count). The van der Waals surface area contributed by atoms with Crippen molar-refractivity contribution in [1.29, 1.82) is 0 Å². The van der Waals surface area contributed by atoms with E-state index in [0.29, 0.717) is 5.75 Å². The van der Waals surface area contributed by atoms with Crippen LogP contribution < -0.4 is 0 Å². The van der Waals surface area contributed by atoms with Crippen LogP contribution in [0, 0.1) is 13.8 Å². The van der Waals surface area contributed by atoms with Crippen molar-refractivity contribution in [2.24, 2.45) is 0 Å². The van der Waals surface area contributed by atoms with Gasteiger partial charge in [-0.2, -0.15) is 0 Å². The lowest BCUT2D eigenvalue weighted by atomic mass is 10.0. The lowest BCUT2D eigenvalue weighted by molar-refractivity contribution is 0.392. The van der Waals surface area contributed by atoms with Crippen molar-refractivity contribution in [3.05, 3.63) is 88.8 Å². The van der Waals surface area contributed by atoms with Gasteiger partial charge >= 0.3 is 0 Å². The molecule has 0 unspecified atom stereocenters. The third kappa shape index (κ3) is 3.59. The number of rotatable bonds is 5. The SMILES string of the molecule is Cc1cc(C[S@](=O)[C@@H](c2ccccc2)c2ccccc2C)no1. The van der Waals surface area contributed by atoms with Gasteiger partial charge in [-0.1, -0.05) is 59.8 Å². The standard InChI is InChI=1S/C19H19NO2S/c1-14-8-6-7-11-18(14)19(16-9-4-3-5-10-16)23(21)13-17-12-15(2)22-20-17/h3-12,19H,13H2,1-2H3/t19-,23-/m0/s1. The molecule has 0 N–H and O–H groups in total. The number of benzene rings is 2. The topological polar surface area (TPSA) is 43.1 Å². The van der Waals surface area contributed by atoms with Crippen LogP contribution in [0.15, 0.2) is 65.2 Å². The maximum absolute atomic E-state index is 13.1. The second-order valence-electron chi connectivity index (χ2n) is 5.60. The summed E-state index contributed by atoms with van der Waals surface area (Å²) in [7, 11) is -1.13. The van der Waals surface area contributed by atoms with Gasteiger partial charge in [0.1, 0.15) is 5.76 Å². The third-order valence-corrected chi connectivity index (χ3v) is 5.44. The Morgan fingerprint density at radius 3 is 2.39 bits per heavy atom. The summed E-state index contributed by atoms with van der Waals surface area (Å²) in [5.41, 5.74) is 4.03. The van der Waals surface area contributed by atoms with Crippen LogP contribution in [0.2, 0.25) is 0 Å². The van der Waals surface area contributed by atoms with Crippen molar-refractivity contribution in [2.45, 2.75) is 24.9 Å². The van der Waals surface area contributed by atoms with Gasteiger partial charge in [0.25, 0.3) is 0 Å². The molecule has 0 saturated carbocycles. The summed E-state index contributed by atoms with van der Waals surface area (Å²) in [4.78, 5) is 0. The van der Waals surface area contributed by atoms with Gasteiger partial charge in [-0.05, 0) is 30.5 Å². The summed E-state index contributed by atoms with van der Waals surface area (Å²) in [6, 6.07) is 20.0. The van der Waals surface area contributed by atoms with Crippen molar-refractivity contribution in [1.82, 2.24) is 5.16 Å². The predicted molar refractivity (Wildman–Crippen MR) is 92.6 cm³/mol. The van der Waals surface area contributed by atoms with Crippen molar-refractivity contribution >= 4 is 10.8 Å². The van der Waals surface area contributed by atoms with Crippen molar-refractivity contribution in [3.63, 3.8) is 0 Å². The van der Waals surface area contributed by atoms with E-state index in [1.807, 2.05) is 55.5 Å². The van der Waals surface area contributed by atoms with E-state index in [4.69, 9.17) is 4.52 Å². The van der Waals surface area contributed by atoms with Gasteiger partial charge in [-0.25, -0.2) is 0 Å². The largest absolute Gasteiger partial charge is 0.361 e. The maximum Gasteiger partial charge on any atom is 0.133 e. The number of aryl methyl sites for hydroxylation is 2. The van der Waals surface area contributed by atoms with Gasteiger partial charge in [0.2, 0.25) is 0 Å². The van der Waals surface area contributed by atoms with Gasteiger partial charge in [0.05, 0.1) is 16.7 Å². The second kappa shape index (κ2) is 6.92. The summed E-state index contributed by atoms with van der Waals surface area (Å²) in [6.07, 6.45) is 0. The van der Waals surface area contributed by atoms with E-state index in [-0.39, 0.29) is 5.25 Å². The molecule has 0 fully saturated rings. The Kier molecular flexibility index (Phi) is 4.72. The molecule has 2 atom stereocenters. The highest BCUT2D eigenvalue weighted by Crippen LogP contribution is 2.31. The molecule has 3 aromatic rings. The third-order valence-electron chi connectivity index (χ3n) is 3.80. The van der Waals surface area contributed by atoms with E-state index in [1.54, 1.807) is 0 Å². The normalized spacial score (nSPS) is 13.7. The molecule has 118 valence electrons. The molecule has 23 heavy (non-hydrogen) atoms. The summed E-state index contributed by atoms with van der Waals surface area (Å²) in [6.45, 7) is 3.90. The van der Waals surface area contributed by atoms with Gasteiger partial charge < -0.3 is 4.52 Å². The Bertz CT molecular complexity index is 811. The lowest BCUT2D eigenvalue weighted by Crippen LogP contribution is -2.12. The summed E-state index contributed by atoms with van der Waals surface area (Å²) >= 11 is 0.